The van der Waals surface area contributed by atoms with Crippen molar-refractivity contribution in [2.24, 2.45) is 4.99 Å². The van der Waals surface area contributed by atoms with Crippen LogP contribution >= 0.6 is 0 Å². The maximum Gasteiger partial charge on any atom is 0.163 e. The number of nitrogens with one attached hydrogen (secondary N) is 1. The lowest BCUT2D eigenvalue weighted by atomic mass is 9.98. The number of para-hydroxylation sites is 1. The molecule has 57 heavy (non-hydrogen) atoms. The van der Waals surface area contributed by atoms with Crippen molar-refractivity contribution in [2.45, 2.75) is 149 Å². The fourth-order valence-corrected chi connectivity index (χ4v) is 7.26. The summed E-state index contributed by atoms with van der Waals surface area (Å²) in [7, 11) is 0. The number of hydrogen-bond donors (Lipinski definition) is 4. The van der Waals surface area contributed by atoms with E-state index < -0.39 is 0 Å². The monoisotopic (exact) mass is 781 g/mol. The highest BCUT2D eigenvalue weighted by Crippen LogP contribution is 2.40. The van der Waals surface area contributed by atoms with Crippen LogP contribution in [0.25, 0.3) is 10.8 Å². The Balaban J connectivity index is 1.52. The zero-order chi connectivity index (χ0) is 40.5. The van der Waals surface area contributed by atoms with Crippen LogP contribution in [0.2, 0.25) is 0 Å². The molecule has 0 heterocycles. The second-order valence-corrected chi connectivity index (χ2v) is 15.3. The van der Waals surface area contributed by atoms with E-state index in [4.69, 9.17) is 14.5 Å². The highest BCUT2D eigenvalue weighted by atomic mass is 16.5. The van der Waals surface area contributed by atoms with Gasteiger partial charge >= 0.3 is 0 Å². The minimum absolute atomic E-state index is 0.0608. The van der Waals surface area contributed by atoms with E-state index in [1.54, 1.807) is 36.5 Å². The molecule has 0 atom stereocenters. The third kappa shape index (κ3) is 15.3. The van der Waals surface area contributed by atoms with E-state index in [1.165, 1.54) is 115 Å². The van der Waals surface area contributed by atoms with E-state index in [2.05, 4.69) is 19.2 Å². The lowest BCUT2D eigenvalue weighted by Crippen LogP contribution is -2.06. The largest absolute Gasteiger partial charge is 0.508 e. The van der Waals surface area contributed by atoms with Gasteiger partial charge in [-0.05, 0) is 53.9 Å². The lowest BCUT2D eigenvalue weighted by Gasteiger charge is -2.18. The first-order valence-electron chi connectivity index (χ1n) is 21.9. The SMILES string of the molecule is CCCCCCCCCCCCOc1cc(N=Cc2ccccc2O)c(NCc2c(O)ccc3c(C=O)c(O)ccc23)cc1OCCCCCCCCCCCC. The van der Waals surface area contributed by atoms with Gasteiger partial charge in [0.25, 0.3) is 0 Å². The second kappa shape index (κ2) is 26.2. The van der Waals surface area contributed by atoms with Crippen molar-refractivity contribution in [1.29, 1.82) is 0 Å². The van der Waals surface area contributed by atoms with Crippen LogP contribution in [0.15, 0.2) is 65.7 Å². The standard InChI is InChI=1S/C49H68N2O6/c1-3-5-7-9-11-13-15-17-19-23-31-56-48-33-43(50-35-38-25-21-22-26-45(38)53)44(34-49(48)57-32-24-20-18-16-14-12-10-8-6-4-2)51-36-41-39-27-30-47(55)42(37-52)40(39)28-29-46(41)54/h21-22,25-30,33-35,37,51,53-55H,3-20,23-24,31-32,36H2,1-2H3. The van der Waals surface area contributed by atoms with E-state index in [1.807, 2.05) is 18.2 Å². The molecule has 0 aliphatic rings. The van der Waals surface area contributed by atoms with Gasteiger partial charge in [-0.3, -0.25) is 9.79 Å². The predicted octanol–water partition coefficient (Wildman–Crippen LogP) is 13.7. The smallest absolute Gasteiger partial charge is 0.163 e. The number of nitrogens with zero attached hydrogens (tertiary/aromatic N) is 1. The van der Waals surface area contributed by atoms with E-state index in [9.17, 15) is 20.1 Å². The molecule has 0 aromatic heterocycles. The maximum atomic E-state index is 11.9. The van der Waals surface area contributed by atoms with Crippen molar-refractivity contribution in [3.05, 3.63) is 77.4 Å². The molecule has 0 saturated carbocycles. The normalized spacial score (nSPS) is 11.4. The first kappa shape index (κ1) is 45.0. The average molecular weight is 781 g/mol. The van der Waals surface area contributed by atoms with E-state index in [0.717, 1.165) is 25.7 Å². The molecule has 0 aliphatic heterocycles. The summed E-state index contributed by atoms with van der Waals surface area (Å²) in [5.74, 6) is 1.31. The Kier molecular flexibility index (Phi) is 20.7. The number of hydrogen-bond acceptors (Lipinski definition) is 8. The molecule has 0 aliphatic carbocycles. The fraction of sp³-hybridized carbons (Fsp3) is 0.510. The number of aromatic hydroxyl groups is 3. The summed E-state index contributed by atoms with van der Waals surface area (Å²) in [6.07, 6.45) is 27.1. The van der Waals surface area contributed by atoms with Crippen LogP contribution in [-0.2, 0) is 6.54 Å². The molecule has 0 saturated heterocycles. The van der Waals surface area contributed by atoms with Crippen molar-refractivity contribution < 1.29 is 29.6 Å². The van der Waals surface area contributed by atoms with Crippen LogP contribution in [0.3, 0.4) is 0 Å². The van der Waals surface area contributed by atoms with Crippen molar-refractivity contribution in [3.63, 3.8) is 0 Å². The molecular weight excluding hydrogens is 713 g/mol. The van der Waals surface area contributed by atoms with E-state index in [-0.39, 0.29) is 29.4 Å². The summed E-state index contributed by atoms with van der Waals surface area (Å²) in [6, 6.07) is 17.2. The number of phenols is 3. The van der Waals surface area contributed by atoms with Crippen molar-refractivity contribution in [3.8, 4) is 28.7 Å². The summed E-state index contributed by atoms with van der Waals surface area (Å²) in [5.41, 5.74) is 2.55. The number of phenolic OH excluding ortho intramolecular Hbond substituents is 3. The molecule has 8 heteroatoms. The third-order valence-corrected chi connectivity index (χ3v) is 10.7. The molecular formula is C49H68N2O6. The van der Waals surface area contributed by atoms with Gasteiger partial charge in [0.2, 0.25) is 0 Å². The maximum absolute atomic E-state index is 11.9. The van der Waals surface area contributed by atoms with Gasteiger partial charge in [-0.1, -0.05) is 148 Å². The van der Waals surface area contributed by atoms with Gasteiger partial charge in [0.05, 0.1) is 30.2 Å². The average Bonchev–Trinajstić information content (AvgIpc) is 3.21. The summed E-state index contributed by atoms with van der Waals surface area (Å²) in [4.78, 5) is 16.7. The molecule has 0 bridgehead atoms. The first-order chi connectivity index (χ1) is 28.0. The van der Waals surface area contributed by atoms with Crippen molar-refractivity contribution in [1.82, 2.24) is 0 Å². The molecule has 310 valence electrons. The number of carbonyl (C=O) groups excluding carboxylic acids is 1. The minimum atomic E-state index is -0.111. The summed E-state index contributed by atoms with van der Waals surface area (Å²) in [6.45, 7) is 5.84. The molecule has 0 unspecified atom stereocenters. The quantitative estimate of drug-likeness (QED) is 0.0236. The molecule has 4 aromatic rings. The Hall–Kier alpha value is -4.72. The summed E-state index contributed by atoms with van der Waals surface area (Å²) >= 11 is 0. The van der Waals surface area contributed by atoms with Crippen LogP contribution in [0.4, 0.5) is 11.4 Å². The summed E-state index contributed by atoms with van der Waals surface area (Å²) < 4.78 is 12.9. The number of anilines is 1. The Morgan fingerprint density at radius 1 is 0.579 bits per heavy atom. The van der Waals surface area contributed by atoms with Gasteiger partial charge in [-0.2, -0.15) is 0 Å². The van der Waals surface area contributed by atoms with E-state index in [0.29, 0.717) is 64.3 Å². The van der Waals surface area contributed by atoms with Crippen LogP contribution in [0.5, 0.6) is 28.7 Å². The van der Waals surface area contributed by atoms with Gasteiger partial charge in [-0.25, -0.2) is 0 Å². The highest BCUT2D eigenvalue weighted by Gasteiger charge is 2.16. The molecule has 0 spiro atoms. The zero-order valence-electron chi connectivity index (χ0n) is 34.7. The molecule has 0 fully saturated rings. The Labute approximate surface area is 341 Å². The second-order valence-electron chi connectivity index (χ2n) is 15.3. The van der Waals surface area contributed by atoms with Gasteiger partial charge < -0.3 is 30.1 Å². The Morgan fingerprint density at radius 2 is 1.09 bits per heavy atom. The number of benzene rings is 4. The Morgan fingerprint density at radius 3 is 1.65 bits per heavy atom. The Bertz CT molecular complexity index is 1800. The van der Waals surface area contributed by atoms with Gasteiger partial charge in [0.1, 0.15) is 17.2 Å². The molecule has 4 aromatic carbocycles. The van der Waals surface area contributed by atoms with Crippen molar-refractivity contribution in [2.75, 3.05) is 18.5 Å². The van der Waals surface area contributed by atoms with E-state index >= 15 is 0 Å². The molecule has 4 rings (SSSR count). The highest BCUT2D eigenvalue weighted by molar-refractivity contribution is 6.02. The molecule has 4 N–H and O–H groups in total. The lowest BCUT2D eigenvalue weighted by molar-refractivity contribution is 0.112. The fourth-order valence-electron chi connectivity index (χ4n) is 7.26. The summed E-state index contributed by atoms with van der Waals surface area (Å²) in [5, 5.41) is 36.4. The number of aliphatic imine (C=N–C) groups is 1. The molecule has 0 amide bonds. The van der Waals surface area contributed by atoms with Crippen molar-refractivity contribution >= 4 is 34.6 Å². The van der Waals surface area contributed by atoms with Crippen LogP contribution < -0.4 is 14.8 Å². The number of fused-ring (bicyclic) bond motifs is 1. The number of aldehydes is 1. The third-order valence-electron chi connectivity index (χ3n) is 10.7. The van der Waals surface area contributed by atoms with Gasteiger partial charge in [0, 0.05) is 36.0 Å². The number of carbonyl (C=O) groups is 1. The molecule has 8 nitrogen and oxygen atoms in total. The minimum Gasteiger partial charge on any atom is -0.508 e. The van der Waals surface area contributed by atoms with Gasteiger partial charge in [-0.15, -0.1) is 0 Å². The van der Waals surface area contributed by atoms with Crippen LogP contribution in [-0.4, -0.2) is 41.0 Å². The van der Waals surface area contributed by atoms with Crippen LogP contribution in [0.1, 0.15) is 164 Å². The first-order valence-corrected chi connectivity index (χ1v) is 21.9. The van der Waals surface area contributed by atoms with Gasteiger partial charge in [0.15, 0.2) is 17.8 Å². The molecule has 0 radical (unpaired) electrons. The topological polar surface area (TPSA) is 121 Å². The zero-order valence-corrected chi connectivity index (χ0v) is 34.7. The predicted molar refractivity (Wildman–Crippen MR) is 236 cm³/mol. The number of rotatable bonds is 30. The van der Waals surface area contributed by atoms with Crippen LogP contribution in [0, 0.1) is 0 Å². The number of unbranched alkanes of at least 4 members (excludes halogenated alkanes) is 18. The number of ether oxygens (including phenoxy) is 2.